The van der Waals surface area contributed by atoms with E-state index >= 15 is 0 Å². The van der Waals surface area contributed by atoms with Crippen molar-refractivity contribution in [2.45, 2.75) is 32.7 Å². The summed E-state index contributed by atoms with van der Waals surface area (Å²) >= 11 is 0. The van der Waals surface area contributed by atoms with Crippen molar-refractivity contribution in [3.8, 4) is 0 Å². The zero-order chi connectivity index (χ0) is 24.0. The van der Waals surface area contributed by atoms with Crippen LogP contribution in [0.4, 0.5) is 11.5 Å². The van der Waals surface area contributed by atoms with Gasteiger partial charge in [0.15, 0.2) is 5.78 Å². The number of amides is 1. The van der Waals surface area contributed by atoms with Crippen LogP contribution in [0, 0.1) is 5.41 Å². The highest BCUT2D eigenvalue weighted by Crippen LogP contribution is 2.46. The van der Waals surface area contributed by atoms with Crippen molar-refractivity contribution < 1.29 is 19.5 Å². The molecule has 2 aromatic carbocycles. The number of carboxylic acid groups (broad SMARTS) is 1. The number of allylic oxidation sites excluding steroid dienone is 2. The number of benzene rings is 2. The van der Waals surface area contributed by atoms with Gasteiger partial charge in [0.2, 0.25) is 0 Å². The normalized spacial score (nSPS) is 18.5. The maximum Gasteiger partial charge on any atom is 0.335 e. The van der Waals surface area contributed by atoms with Crippen molar-refractivity contribution in [3.05, 3.63) is 88.8 Å². The van der Waals surface area contributed by atoms with E-state index in [0.29, 0.717) is 35.5 Å². The Kier molecular flexibility index (Phi) is 5.08. The quantitative estimate of drug-likeness (QED) is 0.533. The minimum atomic E-state index is -1.02. The monoisotopic (exact) mass is 456 g/mol. The minimum Gasteiger partial charge on any atom is -0.478 e. The number of anilines is 2. The van der Waals surface area contributed by atoms with Crippen molar-refractivity contribution >= 4 is 29.2 Å². The second-order valence-electron chi connectivity index (χ2n) is 9.46. The highest BCUT2D eigenvalue weighted by atomic mass is 16.4. The standard InChI is InChI=1S/C26H24N4O4/c1-26(2)12-19-21(20(31)13-26)22(15-8-10-16(11-9-15)25(33)34)30-23(29-19)18(14-27-30)24(32)28-17-6-4-3-5-7-17/h3-11,14,22,29H,12-13H2,1-2H3,(H,28,32)(H,33,34). The number of carbonyl (C=O) groups excluding carboxylic acids is 2. The molecule has 1 aromatic heterocycles. The van der Waals surface area contributed by atoms with Crippen LogP contribution in [0.3, 0.4) is 0 Å². The van der Waals surface area contributed by atoms with E-state index in [0.717, 1.165) is 11.3 Å². The topological polar surface area (TPSA) is 113 Å². The Hall–Kier alpha value is -4.20. The molecule has 8 nitrogen and oxygen atoms in total. The van der Waals surface area contributed by atoms with Gasteiger partial charge in [-0.3, -0.25) is 9.59 Å². The maximum atomic E-state index is 13.3. The molecular formula is C26H24N4O4. The van der Waals surface area contributed by atoms with Gasteiger partial charge in [0.1, 0.15) is 17.4 Å². The molecule has 1 aliphatic carbocycles. The minimum absolute atomic E-state index is 0.0162. The third-order valence-electron chi connectivity index (χ3n) is 6.25. The first-order valence-corrected chi connectivity index (χ1v) is 11.0. The number of Topliss-reactive ketones (excluding diaryl/α,β-unsaturated/α-hetero) is 1. The summed E-state index contributed by atoms with van der Waals surface area (Å²) < 4.78 is 1.64. The van der Waals surface area contributed by atoms with E-state index in [-0.39, 0.29) is 22.7 Å². The second kappa shape index (κ2) is 7.98. The van der Waals surface area contributed by atoms with Gasteiger partial charge in [-0.15, -0.1) is 0 Å². The summed E-state index contributed by atoms with van der Waals surface area (Å²) in [6.07, 6.45) is 2.53. The van der Waals surface area contributed by atoms with Gasteiger partial charge < -0.3 is 15.7 Å². The SMILES string of the molecule is CC1(C)CC(=O)C2=C(C1)Nc1c(C(=O)Nc3ccccc3)cnn1C2c1ccc(C(=O)O)cc1. The number of para-hydroxylation sites is 1. The van der Waals surface area contributed by atoms with Gasteiger partial charge in [-0.25, -0.2) is 9.48 Å². The fourth-order valence-corrected chi connectivity index (χ4v) is 4.71. The fraction of sp³-hybridized carbons (Fsp3) is 0.231. The lowest BCUT2D eigenvalue weighted by atomic mass is 9.73. The Morgan fingerprint density at radius 3 is 2.47 bits per heavy atom. The molecule has 1 aliphatic heterocycles. The van der Waals surface area contributed by atoms with Crippen molar-refractivity contribution in [3.63, 3.8) is 0 Å². The van der Waals surface area contributed by atoms with Crippen LogP contribution in [0.15, 0.2) is 72.1 Å². The van der Waals surface area contributed by atoms with E-state index in [2.05, 4.69) is 15.7 Å². The van der Waals surface area contributed by atoms with Crippen LogP contribution < -0.4 is 10.6 Å². The molecule has 1 atom stereocenters. The predicted octanol–water partition coefficient (Wildman–Crippen LogP) is 4.49. The van der Waals surface area contributed by atoms with Crippen LogP contribution in [0.25, 0.3) is 0 Å². The molecule has 8 heteroatoms. The third-order valence-corrected chi connectivity index (χ3v) is 6.25. The summed E-state index contributed by atoms with van der Waals surface area (Å²) in [7, 11) is 0. The summed E-state index contributed by atoms with van der Waals surface area (Å²) in [5.41, 5.74) is 3.06. The lowest BCUT2D eigenvalue weighted by Gasteiger charge is -2.39. The van der Waals surface area contributed by atoms with Gasteiger partial charge in [0.05, 0.1) is 11.8 Å². The van der Waals surface area contributed by atoms with Gasteiger partial charge >= 0.3 is 5.97 Å². The van der Waals surface area contributed by atoms with E-state index in [9.17, 15) is 19.5 Å². The molecule has 1 amide bonds. The molecule has 0 saturated carbocycles. The molecule has 2 heterocycles. The number of nitrogens with zero attached hydrogens (tertiary/aromatic N) is 2. The highest BCUT2D eigenvalue weighted by molar-refractivity contribution is 6.08. The maximum absolute atomic E-state index is 13.3. The van der Waals surface area contributed by atoms with Crippen LogP contribution in [0.5, 0.6) is 0 Å². The molecule has 0 radical (unpaired) electrons. The van der Waals surface area contributed by atoms with E-state index in [4.69, 9.17) is 0 Å². The Morgan fingerprint density at radius 1 is 1.09 bits per heavy atom. The molecule has 1 unspecified atom stereocenters. The third kappa shape index (κ3) is 3.77. The van der Waals surface area contributed by atoms with Gasteiger partial charge in [0, 0.05) is 23.4 Å². The number of hydrogen-bond donors (Lipinski definition) is 3. The van der Waals surface area contributed by atoms with Crippen molar-refractivity contribution in [2.24, 2.45) is 5.41 Å². The molecule has 0 spiro atoms. The Bertz CT molecular complexity index is 1340. The average molecular weight is 457 g/mol. The number of hydrogen-bond acceptors (Lipinski definition) is 5. The first kappa shape index (κ1) is 21.6. The molecule has 5 rings (SSSR count). The molecule has 2 aliphatic rings. The number of carboxylic acids is 1. The van der Waals surface area contributed by atoms with E-state index in [1.54, 1.807) is 28.9 Å². The summed E-state index contributed by atoms with van der Waals surface area (Å²) in [6, 6.07) is 15.0. The van der Waals surface area contributed by atoms with E-state index in [1.165, 1.54) is 18.3 Å². The fourth-order valence-electron chi connectivity index (χ4n) is 4.71. The lowest BCUT2D eigenvalue weighted by molar-refractivity contribution is -0.118. The van der Waals surface area contributed by atoms with E-state index in [1.807, 2.05) is 32.0 Å². The first-order chi connectivity index (χ1) is 16.2. The Morgan fingerprint density at radius 2 is 1.79 bits per heavy atom. The number of rotatable bonds is 4. The summed E-state index contributed by atoms with van der Waals surface area (Å²) in [5.74, 6) is -0.815. The number of fused-ring (bicyclic) bond motifs is 1. The summed E-state index contributed by atoms with van der Waals surface area (Å²) in [5, 5.41) is 20.0. The van der Waals surface area contributed by atoms with Crippen molar-refractivity contribution in [2.75, 3.05) is 10.6 Å². The summed E-state index contributed by atoms with van der Waals surface area (Å²) in [6.45, 7) is 4.09. The van der Waals surface area contributed by atoms with Gasteiger partial charge in [-0.05, 0) is 41.7 Å². The molecule has 34 heavy (non-hydrogen) atoms. The Balaban J connectivity index is 1.60. The summed E-state index contributed by atoms with van der Waals surface area (Å²) in [4.78, 5) is 37.7. The second-order valence-corrected chi connectivity index (χ2v) is 9.46. The number of nitrogens with one attached hydrogen (secondary N) is 2. The first-order valence-electron chi connectivity index (χ1n) is 11.0. The largest absolute Gasteiger partial charge is 0.478 e. The van der Waals surface area contributed by atoms with Gasteiger partial charge in [-0.1, -0.05) is 44.2 Å². The van der Waals surface area contributed by atoms with Crippen LogP contribution in [-0.2, 0) is 4.79 Å². The molecule has 0 bridgehead atoms. The van der Waals surface area contributed by atoms with Crippen LogP contribution in [0.2, 0.25) is 0 Å². The molecule has 3 N–H and O–H groups in total. The zero-order valence-corrected chi connectivity index (χ0v) is 18.8. The van der Waals surface area contributed by atoms with Gasteiger partial charge in [-0.2, -0.15) is 5.10 Å². The van der Waals surface area contributed by atoms with Crippen molar-refractivity contribution in [1.29, 1.82) is 0 Å². The smallest absolute Gasteiger partial charge is 0.335 e. The molecular weight excluding hydrogens is 432 g/mol. The van der Waals surface area contributed by atoms with Crippen LogP contribution in [0.1, 0.15) is 59.0 Å². The molecule has 3 aromatic rings. The van der Waals surface area contributed by atoms with Crippen LogP contribution in [-0.4, -0.2) is 32.5 Å². The number of aromatic nitrogens is 2. The molecule has 0 saturated heterocycles. The molecule has 0 fully saturated rings. The Labute approximate surface area is 196 Å². The highest BCUT2D eigenvalue weighted by Gasteiger charge is 2.42. The van der Waals surface area contributed by atoms with Crippen LogP contribution >= 0.6 is 0 Å². The number of carbonyl (C=O) groups is 3. The lowest BCUT2D eigenvalue weighted by Crippen LogP contribution is -2.37. The van der Waals surface area contributed by atoms with Crippen molar-refractivity contribution in [1.82, 2.24) is 9.78 Å². The molecule has 172 valence electrons. The average Bonchev–Trinajstić information content (AvgIpc) is 3.21. The van der Waals surface area contributed by atoms with E-state index < -0.39 is 12.0 Å². The number of aromatic carboxylic acids is 1. The number of ketones is 1. The predicted molar refractivity (Wildman–Crippen MR) is 127 cm³/mol. The zero-order valence-electron chi connectivity index (χ0n) is 18.8. The van der Waals surface area contributed by atoms with Gasteiger partial charge in [0.25, 0.3) is 5.91 Å².